The van der Waals surface area contributed by atoms with Gasteiger partial charge < -0.3 is 10.6 Å². The van der Waals surface area contributed by atoms with Crippen molar-refractivity contribution >= 4 is 5.91 Å². The molecular weight excluding hydrogens is 271 g/mol. The summed E-state index contributed by atoms with van der Waals surface area (Å²) in [6.45, 7) is 0.106. The molecule has 20 heavy (non-hydrogen) atoms. The van der Waals surface area contributed by atoms with Crippen LogP contribution in [0, 0.1) is 11.3 Å². The van der Waals surface area contributed by atoms with E-state index in [1.807, 2.05) is 11.4 Å². The molecule has 0 aromatic heterocycles. The highest BCUT2D eigenvalue weighted by Gasteiger charge is 2.26. The number of benzene rings is 1. The van der Waals surface area contributed by atoms with E-state index < -0.39 is 25.2 Å². The average molecular weight is 285 g/mol. The van der Waals surface area contributed by atoms with E-state index in [4.69, 9.17) is 5.26 Å². The SMILES string of the molecule is CC(NC(=O)CNCC(F)(F)F)c1ccc(C#N)cc1. The third kappa shape index (κ3) is 5.71. The Labute approximate surface area is 114 Å². The summed E-state index contributed by atoms with van der Waals surface area (Å²) in [4.78, 5) is 11.4. The van der Waals surface area contributed by atoms with Crippen LogP contribution in [-0.4, -0.2) is 25.2 Å². The zero-order chi connectivity index (χ0) is 15.2. The minimum atomic E-state index is -4.33. The van der Waals surface area contributed by atoms with Crippen LogP contribution < -0.4 is 10.6 Å². The molecular formula is C13H14F3N3O. The Balaban J connectivity index is 2.43. The minimum Gasteiger partial charge on any atom is -0.348 e. The highest BCUT2D eigenvalue weighted by molar-refractivity contribution is 5.78. The third-order valence-electron chi connectivity index (χ3n) is 2.53. The van der Waals surface area contributed by atoms with Crippen LogP contribution in [0.15, 0.2) is 24.3 Å². The summed E-state index contributed by atoms with van der Waals surface area (Å²) in [5, 5.41) is 13.2. The van der Waals surface area contributed by atoms with Crippen LogP contribution in [0.3, 0.4) is 0 Å². The maximum absolute atomic E-state index is 11.9. The molecule has 108 valence electrons. The molecule has 0 aliphatic carbocycles. The van der Waals surface area contributed by atoms with E-state index in [2.05, 4.69) is 5.32 Å². The van der Waals surface area contributed by atoms with Crippen molar-refractivity contribution in [1.29, 1.82) is 5.26 Å². The number of nitriles is 1. The van der Waals surface area contributed by atoms with Crippen LogP contribution in [0.1, 0.15) is 24.1 Å². The number of rotatable bonds is 5. The van der Waals surface area contributed by atoms with Gasteiger partial charge in [0, 0.05) is 0 Å². The van der Waals surface area contributed by atoms with Crippen LogP contribution in [0.5, 0.6) is 0 Å². The van der Waals surface area contributed by atoms with E-state index in [1.165, 1.54) is 0 Å². The van der Waals surface area contributed by atoms with Crippen LogP contribution in [0.25, 0.3) is 0 Å². The van der Waals surface area contributed by atoms with Gasteiger partial charge in [0.25, 0.3) is 0 Å². The van der Waals surface area contributed by atoms with Crippen LogP contribution >= 0.6 is 0 Å². The highest BCUT2D eigenvalue weighted by atomic mass is 19.4. The van der Waals surface area contributed by atoms with Crippen molar-refractivity contribution in [2.75, 3.05) is 13.1 Å². The van der Waals surface area contributed by atoms with E-state index in [0.717, 1.165) is 5.56 Å². The fourth-order valence-electron chi connectivity index (χ4n) is 1.54. The molecule has 2 N–H and O–H groups in total. The molecule has 1 aromatic rings. The molecule has 0 bridgehead atoms. The van der Waals surface area contributed by atoms with Gasteiger partial charge in [0.15, 0.2) is 0 Å². The van der Waals surface area contributed by atoms with Crippen molar-refractivity contribution in [3.8, 4) is 6.07 Å². The quantitative estimate of drug-likeness (QED) is 0.868. The molecule has 0 radical (unpaired) electrons. The maximum Gasteiger partial charge on any atom is 0.401 e. The molecule has 0 aliphatic heterocycles. The first-order valence-corrected chi connectivity index (χ1v) is 5.88. The summed E-state index contributed by atoms with van der Waals surface area (Å²) >= 11 is 0. The van der Waals surface area contributed by atoms with E-state index in [-0.39, 0.29) is 6.04 Å². The molecule has 0 fully saturated rings. The van der Waals surface area contributed by atoms with Gasteiger partial charge in [-0.15, -0.1) is 0 Å². The molecule has 0 aliphatic rings. The van der Waals surface area contributed by atoms with Gasteiger partial charge in [0.1, 0.15) is 0 Å². The molecule has 1 amide bonds. The number of halogens is 3. The lowest BCUT2D eigenvalue weighted by Gasteiger charge is -2.15. The van der Waals surface area contributed by atoms with Gasteiger partial charge in [-0.1, -0.05) is 12.1 Å². The number of nitrogens with zero attached hydrogens (tertiary/aromatic N) is 1. The van der Waals surface area contributed by atoms with Crippen LogP contribution in [0.2, 0.25) is 0 Å². The van der Waals surface area contributed by atoms with Gasteiger partial charge in [-0.25, -0.2) is 0 Å². The van der Waals surface area contributed by atoms with E-state index >= 15 is 0 Å². The molecule has 0 saturated heterocycles. The Morgan fingerprint density at radius 2 is 1.95 bits per heavy atom. The van der Waals surface area contributed by atoms with Gasteiger partial charge in [0.2, 0.25) is 5.91 Å². The van der Waals surface area contributed by atoms with Crippen molar-refractivity contribution in [2.45, 2.75) is 19.1 Å². The molecule has 4 nitrogen and oxygen atoms in total. The third-order valence-corrected chi connectivity index (χ3v) is 2.53. The van der Waals surface area contributed by atoms with Gasteiger partial charge in [-0.3, -0.25) is 4.79 Å². The largest absolute Gasteiger partial charge is 0.401 e. The average Bonchev–Trinajstić information content (AvgIpc) is 2.37. The van der Waals surface area contributed by atoms with Crippen molar-refractivity contribution in [3.05, 3.63) is 35.4 Å². The molecule has 0 heterocycles. The molecule has 1 atom stereocenters. The number of alkyl halides is 3. The summed E-state index contributed by atoms with van der Waals surface area (Å²) < 4.78 is 35.7. The maximum atomic E-state index is 11.9. The Morgan fingerprint density at radius 1 is 1.35 bits per heavy atom. The fourth-order valence-corrected chi connectivity index (χ4v) is 1.54. The predicted molar refractivity (Wildman–Crippen MR) is 66.6 cm³/mol. The van der Waals surface area contributed by atoms with Gasteiger partial charge in [-0.05, 0) is 24.6 Å². The number of amides is 1. The topological polar surface area (TPSA) is 64.9 Å². The van der Waals surface area contributed by atoms with Crippen molar-refractivity contribution in [3.63, 3.8) is 0 Å². The summed E-state index contributed by atoms with van der Waals surface area (Å²) in [6.07, 6.45) is -4.33. The van der Waals surface area contributed by atoms with E-state index in [1.54, 1.807) is 31.2 Å². The standard InChI is InChI=1S/C13H14F3N3O/c1-9(11-4-2-10(6-17)3-5-11)19-12(20)7-18-8-13(14,15)16/h2-5,9,18H,7-8H2,1H3,(H,19,20). The summed E-state index contributed by atoms with van der Waals surface area (Å²) in [5.74, 6) is -0.522. The number of nitrogens with one attached hydrogen (secondary N) is 2. The van der Waals surface area contributed by atoms with Crippen molar-refractivity contribution in [2.24, 2.45) is 0 Å². The highest BCUT2D eigenvalue weighted by Crippen LogP contribution is 2.13. The predicted octanol–water partition coefficient (Wildman–Crippen LogP) is 1.89. The zero-order valence-electron chi connectivity index (χ0n) is 10.8. The van der Waals surface area contributed by atoms with Crippen LogP contribution in [0.4, 0.5) is 13.2 Å². The van der Waals surface area contributed by atoms with Crippen molar-refractivity contribution < 1.29 is 18.0 Å². The zero-order valence-corrected chi connectivity index (χ0v) is 10.8. The van der Waals surface area contributed by atoms with Crippen molar-refractivity contribution in [1.82, 2.24) is 10.6 Å². The first-order valence-electron chi connectivity index (χ1n) is 5.88. The monoisotopic (exact) mass is 285 g/mol. The molecule has 0 spiro atoms. The molecule has 1 rings (SSSR count). The number of carbonyl (C=O) groups is 1. The first-order chi connectivity index (χ1) is 9.31. The smallest absolute Gasteiger partial charge is 0.348 e. The second kappa shape index (κ2) is 6.91. The fraction of sp³-hybridized carbons (Fsp3) is 0.385. The Kier molecular flexibility index (Phi) is 5.53. The van der Waals surface area contributed by atoms with Crippen LogP contribution in [-0.2, 0) is 4.79 Å². The van der Waals surface area contributed by atoms with Gasteiger partial charge in [0.05, 0.1) is 30.8 Å². The normalized spacial score (nSPS) is 12.6. The number of carbonyl (C=O) groups excluding carboxylic acids is 1. The lowest BCUT2D eigenvalue weighted by atomic mass is 10.1. The Bertz CT molecular complexity index is 491. The minimum absolute atomic E-state index is 0.345. The van der Waals surface area contributed by atoms with E-state index in [0.29, 0.717) is 5.56 Å². The Morgan fingerprint density at radius 3 is 2.45 bits per heavy atom. The Hall–Kier alpha value is -2.07. The second-order valence-corrected chi connectivity index (χ2v) is 4.24. The summed E-state index contributed by atoms with van der Waals surface area (Å²) in [6, 6.07) is 8.22. The molecule has 7 heteroatoms. The first kappa shape index (κ1) is 16.0. The van der Waals surface area contributed by atoms with Gasteiger partial charge in [-0.2, -0.15) is 18.4 Å². The number of hydrogen-bond acceptors (Lipinski definition) is 3. The number of hydrogen-bond donors (Lipinski definition) is 2. The summed E-state index contributed by atoms with van der Waals surface area (Å²) in [5.41, 5.74) is 1.27. The molecule has 1 unspecified atom stereocenters. The lowest BCUT2D eigenvalue weighted by molar-refractivity contribution is -0.128. The summed E-state index contributed by atoms with van der Waals surface area (Å²) in [7, 11) is 0. The van der Waals surface area contributed by atoms with E-state index in [9.17, 15) is 18.0 Å². The van der Waals surface area contributed by atoms with Gasteiger partial charge >= 0.3 is 6.18 Å². The lowest BCUT2D eigenvalue weighted by Crippen LogP contribution is -2.39. The molecule has 1 aromatic carbocycles. The second-order valence-electron chi connectivity index (χ2n) is 4.24. The molecule has 0 saturated carbocycles.